The van der Waals surface area contributed by atoms with Crippen LogP contribution in [0.5, 0.6) is 0 Å². The summed E-state index contributed by atoms with van der Waals surface area (Å²) in [7, 11) is 0. The normalized spacial score (nSPS) is 17.0. The molecule has 1 fully saturated rings. The summed E-state index contributed by atoms with van der Waals surface area (Å²) in [6.07, 6.45) is 2.43. The van der Waals surface area contributed by atoms with E-state index in [2.05, 4.69) is 12.1 Å². The first-order chi connectivity index (χ1) is 11.6. The first-order valence-corrected chi connectivity index (χ1v) is 8.20. The van der Waals surface area contributed by atoms with Gasteiger partial charge in [0.2, 0.25) is 0 Å². The molecule has 0 unspecified atom stereocenters. The van der Waals surface area contributed by atoms with Gasteiger partial charge in [0, 0.05) is 25.8 Å². The van der Waals surface area contributed by atoms with Crippen molar-refractivity contribution < 1.29 is 18.8 Å². The molecule has 24 heavy (non-hydrogen) atoms. The number of piperidine rings is 1. The zero-order valence-corrected chi connectivity index (χ0v) is 13.7. The zero-order valence-electron chi connectivity index (χ0n) is 13.7. The van der Waals surface area contributed by atoms with E-state index < -0.39 is 5.82 Å². The number of aliphatic hydroxyl groups excluding tert-OH is 1. The molecule has 1 aromatic carbocycles. The minimum absolute atomic E-state index is 0.0844. The van der Waals surface area contributed by atoms with Gasteiger partial charge < -0.3 is 14.5 Å². The molecule has 0 spiro atoms. The van der Waals surface area contributed by atoms with E-state index in [0.717, 1.165) is 19.3 Å². The third kappa shape index (κ3) is 3.06. The van der Waals surface area contributed by atoms with Crippen molar-refractivity contribution in [3.05, 3.63) is 41.8 Å². The summed E-state index contributed by atoms with van der Waals surface area (Å²) in [5.74, 6) is -0.392. The second kappa shape index (κ2) is 6.73. The largest absolute Gasteiger partial charge is 0.396 e. The Morgan fingerprint density at radius 1 is 1.38 bits per heavy atom. The Hall–Kier alpha value is -2.21. The SMILES string of the molecule is CCC1(CO)CCN(C(=O)c2cc(-c3ccccc3F)on2)CC1. The first-order valence-electron chi connectivity index (χ1n) is 8.20. The molecule has 1 N–H and O–H groups in total. The number of halogens is 1. The molecule has 0 aliphatic carbocycles. The van der Waals surface area contributed by atoms with Crippen molar-refractivity contribution in [2.75, 3.05) is 19.7 Å². The van der Waals surface area contributed by atoms with E-state index in [0.29, 0.717) is 13.1 Å². The number of carbonyl (C=O) groups is 1. The highest BCUT2D eigenvalue weighted by Crippen LogP contribution is 2.34. The third-order valence-corrected chi connectivity index (χ3v) is 5.07. The molecular weight excluding hydrogens is 311 g/mol. The van der Waals surface area contributed by atoms with Crippen LogP contribution in [0.1, 0.15) is 36.7 Å². The predicted octanol–water partition coefficient (Wildman–Crippen LogP) is 3.11. The van der Waals surface area contributed by atoms with Crippen molar-refractivity contribution >= 4 is 5.91 Å². The number of hydrogen-bond acceptors (Lipinski definition) is 4. The minimum atomic E-state index is -0.415. The summed E-state index contributed by atoms with van der Waals surface area (Å²) < 4.78 is 18.9. The molecule has 2 heterocycles. The van der Waals surface area contributed by atoms with Crippen molar-refractivity contribution in [2.45, 2.75) is 26.2 Å². The maximum Gasteiger partial charge on any atom is 0.276 e. The molecule has 0 atom stereocenters. The van der Waals surface area contributed by atoms with Crippen LogP contribution in [0.4, 0.5) is 4.39 Å². The quantitative estimate of drug-likeness (QED) is 0.934. The summed E-state index contributed by atoms with van der Waals surface area (Å²) in [4.78, 5) is 14.3. The van der Waals surface area contributed by atoms with E-state index in [1.807, 2.05) is 0 Å². The van der Waals surface area contributed by atoms with E-state index in [-0.39, 0.29) is 34.9 Å². The predicted molar refractivity (Wildman–Crippen MR) is 86.8 cm³/mol. The minimum Gasteiger partial charge on any atom is -0.396 e. The van der Waals surface area contributed by atoms with E-state index in [4.69, 9.17) is 4.52 Å². The van der Waals surface area contributed by atoms with E-state index in [9.17, 15) is 14.3 Å². The van der Waals surface area contributed by atoms with Crippen LogP contribution in [0.3, 0.4) is 0 Å². The molecule has 0 radical (unpaired) electrons. The number of amides is 1. The van der Waals surface area contributed by atoms with Gasteiger partial charge in [-0.25, -0.2) is 4.39 Å². The highest BCUT2D eigenvalue weighted by Gasteiger charge is 2.34. The smallest absolute Gasteiger partial charge is 0.276 e. The molecule has 5 nitrogen and oxygen atoms in total. The van der Waals surface area contributed by atoms with Crippen LogP contribution >= 0.6 is 0 Å². The lowest BCUT2D eigenvalue weighted by atomic mass is 9.77. The van der Waals surface area contributed by atoms with Crippen molar-refractivity contribution in [3.63, 3.8) is 0 Å². The molecule has 1 aromatic heterocycles. The number of aromatic nitrogens is 1. The summed E-state index contributed by atoms with van der Waals surface area (Å²) in [6, 6.07) is 7.70. The van der Waals surface area contributed by atoms with Gasteiger partial charge in [-0.2, -0.15) is 0 Å². The van der Waals surface area contributed by atoms with Gasteiger partial charge in [-0.05, 0) is 36.8 Å². The lowest BCUT2D eigenvalue weighted by Crippen LogP contribution is -2.44. The number of carbonyl (C=O) groups excluding carboxylic acids is 1. The molecule has 1 aliphatic rings. The highest BCUT2D eigenvalue weighted by atomic mass is 19.1. The van der Waals surface area contributed by atoms with E-state index in [1.54, 1.807) is 23.1 Å². The van der Waals surface area contributed by atoms with Crippen LogP contribution in [0.2, 0.25) is 0 Å². The van der Waals surface area contributed by atoms with Crippen molar-refractivity contribution in [1.29, 1.82) is 0 Å². The van der Waals surface area contributed by atoms with E-state index >= 15 is 0 Å². The fourth-order valence-electron chi connectivity index (χ4n) is 3.13. The van der Waals surface area contributed by atoms with Gasteiger partial charge in [-0.1, -0.05) is 24.2 Å². The maximum absolute atomic E-state index is 13.8. The average Bonchev–Trinajstić information content (AvgIpc) is 3.11. The fourth-order valence-corrected chi connectivity index (χ4v) is 3.13. The number of hydrogen-bond donors (Lipinski definition) is 1. The molecule has 2 aromatic rings. The molecule has 3 rings (SSSR count). The van der Waals surface area contributed by atoms with Gasteiger partial charge in [-0.15, -0.1) is 0 Å². The zero-order chi connectivity index (χ0) is 17.2. The second-order valence-electron chi connectivity index (χ2n) is 6.36. The van der Waals surface area contributed by atoms with Crippen molar-refractivity contribution in [3.8, 4) is 11.3 Å². The Kier molecular flexibility index (Phi) is 4.66. The summed E-state index contributed by atoms with van der Waals surface area (Å²) in [5, 5.41) is 13.4. The summed E-state index contributed by atoms with van der Waals surface area (Å²) >= 11 is 0. The Bertz CT molecular complexity index is 715. The maximum atomic E-state index is 13.8. The van der Waals surface area contributed by atoms with Gasteiger partial charge in [-0.3, -0.25) is 4.79 Å². The summed E-state index contributed by atoms with van der Waals surface area (Å²) in [5.41, 5.74) is 0.382. The Morgan fingerprint density at radius 3 is 2.71 bits per heavy atom. The molecule has 0 saturated carbocycles. The molecule has 6 heteroatoms. The molecule has 128 valence electrons. The molecular formula is C18H21FN2O3. The van der Waals surface area contributed by atoms with Crippen LogP contribution in [0, 0.1) is 11.2 Å². The van der Waals surface area contributed by atoms with Crippen LogP contribution in [0.25, 0.3) is 11.3 Å². The number of aliphatic hydroxyl groups is 1. The van der Waals surface area contributed by atoms with Gasteiger partial charge in [0.25, 0.3) is 5.91 Å². The van der Waals surface area contributed by atoms with Crippen LogP contribution in [-0.2, 0) is 0 Å². The molecule has 0 bridgehead atoms. The first kappa shape index (κ1) is 16.6. The van der Waals surface area contributed by atoms with E-state index in [1.165, 1.54) is 12.1 Å². The summed E-state index contributed by atoms with van der Waals surface area (Å²) in [6.45, 7) is 3.36. The highest BCUT2D eigenvalue weighted by molar-refractivity contribution is 5.93. The Balaban J connectivity index is 1.72. The van der Waals surface area contributed by atoms with Crippen LogP contribution in [0.15, 0.2) is 34.9 Å². The average molecular weight is 332 g/mol. The van der Waals surface area contributed by atoms with Gasteiger partial charge in [0.1, 0.15) is 5.82 Å². The molecule has 1 saturated heterocycles. The second-order valence-corrected chi connectivity index (χ2v) is 6.36. The fraction of sp³-hybridized carbons (Fsp3) is 0.444. The molecule has 1 aliphatic heterocycles. The van der Waals surface area contributed by atoms with Crippen LogP contribution < -0.4 is 0 Å². The number of nitrogens with zero attached hydrogens (tertiary/aromatic N) is 2. The number of rotatable bonds is 4. The topological polar surface area (TPSA) is 66.6 Å². The monoisotopic (exact) mass is 332 g/mol. The Labute approximate surface area is 140 Å². The van der Waals surface area contributed by atoms with Gasteiger partial charge >= 0.3 is 0 Å². The van der Waals surface area contributed by atoms with Gasteiger partial charge in [0.15, 0.2) is 11.5 Å². The van der Waals surface area contributed by atoms with Crippen molar-refractivity contribution in [2.24, 2.45) is 5.41 Å². The van der Waals surface area contributed by atoms with Crippen LogP contribution in [-0.4, -0.2) is 40.8 Å². The lowest BCUT2D eigenvalue weighted by Gasteiger charge is -2.39. The number of likely N-dealkylation sites (tertiary alicyclic amines) is 1. The molecule has 1 amide bonds. The van der Waals surface area contributed by atoms with Gasteiger partial charge in [0.05, 0.1) is 5.56 Å². The number of benzene rings is 1. The lowest BCUT2D eigenvalue weighted by molar-refractivity contribution is 0.0332. The third-order valence-electron chi connectivity index (χ3n) is 5.07. The van der Waals surface area contributed by atoms with Crippen molar-refractivity contribution in [1.82, 2.24) is 10.1 Å². The Morgan fingerprint density at radius 2 is 2.08 bits per heavy atom. The standard InChI is InChI=1S/C18H21FN2O3/c1-2-18(12-22)7-9-21(10-8-18)17(23)15-11-16(24-20-15)13-5-3-4-6-14(13)19/h3-6,11,22H,2,7-10,12H2,1H3.